The van der Waals surface area contributed by atoms with Gasteiger partial charge in [0.05, 0.1) is 17.8 Å². The number of aryl methyl sites for hydroxylation is 1. The molecule has 0 aliphatic heterocycles. The van der Waals surface area contributed by atoms with E-state index in [9.17, 15) is 0 Å². The van der Waals surface area contributed by atoms with Crippen LogP contribution in [0.25, 0.3) is 10.9 Å². The van der Waals surface area contributed by atoms with Crippen molar-refractivity contribution in [3.63, 3.8) is 0 Å². The lowest BCUT2D eigenvalue weighted by atomic mass is 10.2. The number of nitrogens with zero attached hydrogens (tertiary/aromatic N) is 2. The zero-order valence-corrected chi connectivity index (χ0v) is 14.7. The van der Waals surface area contributed by atoms with Crippen molar-refractivity contribution in [2.75, 3.05) is 10.6 Å². The summed E-state index contributed by atoms with van der Waals surface area (Å²) in [5.41, 5.74) is 3.03. The molecular weight excluding hydrogens is 324 g/mol. The third-order valence-electron chi connectivity index (χ3n) is 4.20. The van der Waals surface area contributed by atoms with Gasteiger partial charge < -0.3 is 15.1 Å². The van der Waals surface area contributed by atoms with Crippen LogP contribution in [-0.2, 0) is 0 Å². The number of furan rings is 1. The second-order valence-corrected chi connectivity index (χ2v) is 6.29. The first-order valence-corrected chi connectivity index (χ1v) is 8.59. The zero-order valence-electron chi connectivity index (χ0n) is 14.7. The van der Waals surface area contributed by atoms with Gasteiger partial charge in [0.15, 0.2) is 0 Å². The predicted molar refractivity (Wildman–Crippen MR) is 105 cm³/mol. The highest BCUT2D eigenvalue weighted by molar-refractivity contribution is 5.90. The molecule has 0 radical (unpaired) electrons. The van der Waals surface area contributed by atoms with E-state index in [4.69, 9.17) is 9.40 Å². The lowest BCUT2D eigenvalue weighted by Gasteiger charge is -2.15. The fraction of sp³-hybridized carbons (Fsp3) is 0.143. The molecule has 4 rings (SSSR count). The van der Waals surface area contributed by atoms with Crippen LogP contribution in [0.2, 0.25) is 0 Å². The minimum absolute atomic E-state index is 0.00451. The monoisotopic (exact) mass is 344 g/mol. The number of nitrogens with one attached hydrogen (secondary N) is 2. The smallest absolute Gasteiger partial charge is 0.229 e. The van der Waals surface area contributed by atoms with Crippen molar-refractivity contribution in [2.45, 2.75) is 19.9 Å². The quantitative estimate of drug-likeness (QED) is 0.504. The second kappa shape index (κ2) is 6.88. The van der Waals surface area contributed by atoms with Gasteiger partial charge in [-0.25, -0.2) is 4.98 Å². The summed E-state index contributed by atoms with van der Waals surface area (Å²) in [6.45, 7) is 4.10. The number of benzene rings is 2. The molecule has 2 aromatic heterocycles. The molecule has 26 heavy (non-hydrogen) atoms. The molecule has 0 unspecified atom stereocenters. The Hall–Kier alpha value is -3.34. The molecule has 0 amide bonds. The molecule has 0 saturated heterocycles. The molecule has 0 aliphatic rings. The lowest BCUT2D eigenvalue weighted by Crippen LogP contribution is -2.09. The fourth-order valence-electron chi connectivity index (χ4n) is 2.91. The number of hydrogen-bond donors (Lipinski definition) is 2. The van der Waals surface area contributed by atoms with Gasteiger partial charge >= 0.3 is 0 Å². The average Bonchev–Trinajstić information content (AvgIpc) is 3.16. The van der Waals surface area contributed by atoms with Crippen molar-refractivity contribution < 1.29 is 4.42 Å². The van der Waals surface area contributed by atoms with E-state index < -0.39 is 0 Å². The molecule has 2 aromatic carbocycles. The van der Waals surface area contributed by atoms with Crippen molar-refractivity contribution in [3.8, 4) is 0 Å². The van der Waals surface area contributed by atoms with E-state index in [0.29, 0.717) is 5.95 Å². The Bertz CT molecular complexity index is 1030. The van der Waals surface area contributed by atoms with E-state index in [-0.39, 0.29) is 6.04 Å². The maximum atomic E-state index is 5.50. The molecular formula is C21H20N4O. The molecule has 0 bridgehead atoms. The van der Waals surface area contributed by atoms with Gasteiger partial charge in [0.2, 0.25) is 5.95 Å². The summed E-state index contributed by atoms with van der Waals surface area (Å²) in [5, 5.41) is 7.71. The topological polar surface area (TPSA) is 63.0 Å². The Labute approximate surface area is 152 Å². The lowest BCUT2D eigenvalue weighted by molar-refractivity contribution is 0.490. The van der Waals surface area contributed by atoms with Gasteiger partial charge in [0.25, 0.3) is 0 Å². The average molecular weight is 344 g/mol. The normalized spacial score (nSPS) is 12.1. The van der Waals surface area contributed by atoms with E-state index in [1.807, 2.05) is 55.5 Å². The van der Waals surface area contributed by atoms with Crippen LogP contribution < -0.4 is 10.6 Å². The zero-order chi connectivity index (χ0) is 17.9. The summed E-state index contributed by atoms with van der Waals surface area (Å²) in [7, 11) is 0. The first-order chi connectivity index (χ1) is 12.7. The number of hydrogen-bond acceptors (Lipinski definition) is 5. The van der Waals surface area contributed by atoms with Gasteiger partial charge in [0, 0.05) is 11.1 Å². The summed E-state index contributed by atoms with van der Waals surface area (Å²) >= 11 is 0. The Morgan fingerprint density at radius 1 is 0.962 bits per heavy atom. The molecule has 0 spiro atoms. The van der Waals surface area contributed by atoms with Gasteiger partial charge in [-0.2, -0.15) is 4.98 Å². The summed E-state index contributed by atoms with van der Waals surface area (Å²) < 4.78 is 5.50. The van der Waals surface area contributed by atoms with Gasteiger partial charge in [-0.05, 0) is 55.8 Å². The summed E-state index contributed by atoms with van der Waals surface area (Å²) in [6.07, 6.45) is 1.68. The van der Waals surface area contributed by atoms with Crippen LogP contribution in [0.5, 0.6) is 0 Å². The highest BCUT2D eigenvalue weighted by Gasteiger charge is 2.13. The molecule has 5 heteroatoms. The third kappa shape index (κ3) is 3.37. The first kappa shape index (κ1) is 16.1. The molecule has 1 atom stereocenters. The van der Waals surface area contributed by atoms with Gasteiger partial charge in [-0.15, -0.1) is 0 Å². The molecule has 2 N–H and O–H groups in total. The van der Waals surface area contributed by atoms with Crippen LogP contribution in [0.15, 0.2) is 71.3 Å². The molecule has 2 heterocycles. The number of para-hydroxylation sites is 1. The molecule has 5 nitrogen and oxygen atoms in total. The maximum Gasteiger partial charge on any atom is 0.229 e. The number of aromatic nitrogens is 2. The Balaban J connectivity index is 1.71. The third-order valence-corrected chi connectivity index (χ3v) is 4.20. The van der Waals surface area contributed by atoms with E-state index in [1.54, 1.807) is 6.26 Å². The Kier molecular flexibility index (Phi) is 4.27. The van der Waals surface area contributed by atoms with Crippen molar-refractivity contribution in [3.05, 3.63) is 78.3 Å². The number of anilines is 3. The standard InChI is InChI=1S/C21H20N4O/c1-14-7-5-8-16(13-14)23-21-24-18-10-4-3-9-17(18)20(25-21)22-15(2)19-11-6-12-26-19/h3-13,15H,1-2H3,(H2,22,23,24,25)/t15-/m1/s1. The summed E-state index contributed by atoms with van der Waals surface area (Å²) in [5.74, 6) is 2.19. The Morgan fingerprint density at radius 2 is 1.85 bits per heavy atom. The number of fused-ring (bicyclic) bond motifs is 1. The first-order valence-electron chi connectivity index (χ1n) is 8.59. The second-order valence-electron chi connectivity index (χ2n) is 6.29. The van der Waals surface area contributed by atoms with Gasteiger partial charge in [-0.1, -0.05) is 24.3 Å². The van der Waals surface area contributed by atoms with Crippen molar-refractivity contribution in [1.82, 2.24) is 9.97 Å². The molecule has 130 valence electrons. The molecule has 4 aromatic rings. The van der Waals surface area contributed by atoms with Crippen LogP contribution in [-0.4, -0.2) is 9.97 Å². The van der Waals surface area contributed by atoms with E-state index >= 15 is 0 Å². The van der Waals surface area contributed by atoms with Crippen LogP contribution in [0.4, 0.5) is 17.5 Å². The van der Waals surface area contributed by atoms with Crippen LogP contribution in [0.1, 0.15) is 24.3 Å². The highest BCUT2D eigenvalue weighted by Crippen LogP contribution is 2.27. The minimum Gasteiger partial charge on any atom is -0.467 e. The van der Waals surface area contributed by atoms with Crippen LogP contribution in [0.3, 0.4) is 0 Å². The van der Waals surface area contributed by atoms with Crippen molar-refractivity contribution >= 4 is 28.4 Å². The van der Waals surface area contributed by atoms with E-state index in [0.717, 1.165) is 28.2 Å². The van der Waals surface area contributed by atoms with Gasteiger partial charge in [0.1, 0.15) is 11.6 Å². The number of rotatable bonds is 5. The van der Waals surface area contributed by atoms with Crippen molar-refractivity contribution in [2.24, 2.45) is 0 Å². The van der Waals surface area contributed by atoms with Gasteiger partial charge in [-0.3, -0.25) is 0 Å². The summed E-state index contributed by atoms with van der Waals surface area (Å²) in [4.78, 5) is 9.35. The van der Waals surface area contributed by atoms with E-state index in [2.05, 4.69) is 34.7 Å². The summed E-state index contributed by atoms with van der Waals surface area (Å²) in [6, 6.07) is 19.9. The Morgan fingerprint density at radius 3 is 2.65 bits per heavy atom. The molecule has 0 saturated carbocycles. The molecule has 0 fully saturated rings. The minimum atomic E-state index is -0.00451. The maximum absolute atomic E-state index is 5.50. The van der Waals surface area contributed by atoms with Crippen LogP contribution in [0, 0.1) is 6.92 Å². The fourth-order valence-corrected chi connectivity index (χ4v) is 2.91. The van der Waals surface area contributed by atoms with E-state index in [1.165, 1.54) is 5.56 Å². The largest absolute Gasteiger partial charge is 0.467 e. The molecule has 0 aliphatic carbocycles. The predicted octanol–water partition coefficient (Wildman–Crippen LogP) is 5.45. The van der Waals surface area contributed by atoms with Crippen LogP contribution >= 0.6 is 0 Å². The SMILES string of the molecule is Cc1cccc(Nc2nc(N[C@H](C)c3ccco3)c3ccccc3n2)c1. The van der Waals surface area contributed by atoms with Crippen molar-refractivity contribution in [1.29, 1.82) is 0 Å². The highest BCUT2D eigenvalue weighted by atomic mass is 16.3.